The molecule has 0 saturated heterocycles. The van der Waals surface area contributed by atoms with Gasteiger partial charge in [-0.05, 0) is 24.6 Å². The summed E-state index contributed by atoms with van der Waals surface area (Å²) in [5.41, 5.74) is 0.789. The first-order valence-electron chi connectivity index (χ1n) is 6.44. The van der Waals surface area contributed by atoms with Gasteiger partial charge in [-0.25, -0.2) is 13.1 Å². The van der Waals surface area contributed by atoms with Gasteiger partial charge in [0.2, 0.25) is 10.0 Å². The van der Waals surface area contributed by atoms with Crippen molar-refractivity contribution in [1.82, 2.24) is 19.7 Å². The van der Waals surface area contributed by atoms with Crippen LogP contribution < -0.4 is 14.2 Å². The third-order valence-electron chi connectivity index (χ3n) is 2.88. The minimum absolute atomic E-state index is 0.0319. The number of benzene rings is 1. The predicted molar refractivity (Wildman–Crippen MR) is 83.1 cm³/mol. The minimum Gasteiger partial charge on any atom is -0.467 e. The van der Waals surface area contributed by atoms with Gasteiger partial charge in [-0.2, -0.15) is 9.97 Å². The summed E-state index contributed by atoms with van der Waals surface area (Å²) in [7, 11) is -0.981. The van der Waals surface area contributed by atoms with Crippen LogP contribution in [0.4, 0.5) is 0 Å². The van der Waals surface area contributed by atoms with Gasteiger partial charge in [0, 0.05) is 5.02 Å². The van der Waals surface area contributed by atoms with Crippen LogP contribution in [0.15, 0.2) is 23.1 Å². The molecule has 10 heteroatoms. The van der Waals surface area contributed by atoms with Gasteiger partial charge in [0.1, 0.15) is 0 Å². The van der Waals surface area contributed by atoms with Gasteiger partial charge in [-0.15, -0.1) is 4.98 Å². The van der Waals surface area contributed by atoms with Crippen LogP contribution in [-0.2, 0) is 16.6 Å². The van der Waals surface area contributed by atoms with Gasteiger partial charge < -0.3 is 9.47 Å². The lowest BCUT2D eigenvalue weighted by Gasteiger charge is -2.08. The third-order valence-corrected chi connectivity index (χ3v) is 4.69. The Morgan fingerprint density at radius 1 is 1.13 bits per heavy atom. The smallest absolute Gasteiger partial charge is 0.322 e. The molecular formula is C13H15ClN4O4S. The van der Waals surface area contributed by atoms with E-state index in [0.29, 0.717) is 5.02 Å². The van der Waals surface area contributed by atoms with Gasteiger partial charge in [-0.1, -0.05) is 17.7 Å². The summed E-state index contributed by atoms with van der Waals surface area (Å²) in [6, 6.07) is 4.55. The number of ether oxygens (including phenoxy) is 2. The van der Waals surface area contributed by atoms with Gasteiger partial charge in [0.05, 0.1) is 25.7 Å². The molecule has 0 atom stereocenters. The van der Waals surface area contributed by atoms with Crippen LogP contribution >= 0.6 is 11.6 Å². The summed E-state index contributed by atoms with van der Waals surface area (Å²) < 4.78 is 36.8. The summed E-state index contributed by atoms with van der Waals surface area (Å²) in [6.45, 7) is 1.64. The summed E-state index contributed by atoms with van der Waals surface area (Å²) in [5, 5.41) is 0.372. The molecule has 0 aliphatic carbocycles. The Balaban J connectivity index is 2.20. The van der Waals surface area contributed by atoms with Crippen LogP contribution in [-0.4, -0.2) is 37.6 Å². The summed E-state index contributed by atoms with van der Waals surface area (Å²) >= 11 is 5.96. The van der Waals surface area contributed by atoms with E-state index >= 15 is 0 Å². The highest BCUT2D eigenvalue weighted by atomic mass is 35.5. The van der Waals surface area contributed by atoms with Crippen molar-refractivity contribution in [3.63, 3.8) is 0 Å². The van der Waals surface area contributed by atoms with Crippen LogP contribution in [0.2, 0.25) is 5.02 Å². The highest BCUT2D eigenvalue weighted by Gasteiger charge is 2.16. The summed E-state index contributed by atoms with van der Waals surface area (Å²) in [5.74, 6) is 0.162. The zero-order valence-electron chi connectivity index (χ0n) is 12.7. The highest BCUT2D eigenvalue weighted by molar-refractivity contribution is 7.89. The molecule has 0 radical (unpaired) electrons. The fourth-order valence-electron chi connectivity index (χ4n) is 1.62. The molecule has 124 valence electrons. The second-order valence-electron chi connectivity index (χ2n) is 4.46. The maximum absolute atomic E-state index is 12.3. The Morgan fingerprint density at radius 2 is 1.74 bits per heavy atom. The molecule has 1 aromatic carbocycles. The second kappa shape index (κ2) is 7.07. The van der Waals surface area contributed by atoms with Crippen molar-refractivity contribution in [2.24, 2.45) is 0 Å². The minimum atomic E-state index is -3.75. The first-order valence-corrected chi connectivity index (χ1v) is 8.30. The number of aromatic nitrogens is 3. The van der Waals surface area contributed by atoms with Crippen LogP contribution in [0.25, 0.3) is 0 Å². The molecule has 23 heavy (non-hydrogen) atoms. The van der Waals surface area contributed by atoms with Gasteiger partial charge in [0.15, 0.2) is 5.82 Å². The number of aryl methyl sites for hydroxylation is 1. The molecule has 8 nitrogen and oxygen atoms in total. The number of hydrogen-bond donors (Lipinski definition) is 1. The molecule has 1 heterocycles. The molecule has 0 bridgehead atoms. The highest BCUT2D eigenvalue weighted by Crippen LogP contribution is 2.20. The van der Waals surface area contributed by atoms with E-state index in [9.17, 15) is 8.42 Å². The number of methoxy groups -OCH3 is 2. The van der Waals surface area contributed by atoms with Crippen molar-refractivity contribution in [3.8, 4) is 12.0 Å². The van der Waals surface area contributed by atoms with E-state index in [1.54, 1.807) is 13.0 Å². The van der Waals surface area contributed by atoms with E-state index in [-0.39, 0.29) is 29.3 Å². The third kappa shape index (κ3) is 4.27. The molecule has 0 saturated carbocycles. The van der Waals surface area contributed by atoms with Crippen LogP contribution in [0.5, 0.6) is 12.0 Å². The summed E-state index contributed by atoms with van der Waals surface area (Å²) in [6.07, 6.45) is 0. The maximum atomic E-state index is 12.3. The number of halogens is 1. The van der Waals surface area contributed by atoms with E-state index in [1.807, 2.05) is 0 Å². The molecule has 0 amide bonds. The molecule has 1 N–H and O–H groups in total. The number of nitrogens with one attached hydrogen (secondary N) is 1. The Kier molecular flexibility index (Phi) is 5.34. The standard InChI is InChI=1S/C13H15ClN4O4S/c1-8-4-5-9(6-10(8)14)23(19,20)15-7-11-16-12(21-2)18-13(17-11)22-3/h4-6,15H,7H2,1-3H3. The average Bonchev–Trinajstić information content (AvgIpc) is 2.55. The van der Waals surface area contributed by atoms with E-state index in [0.717, 1.165) is 5.56 Å². The topological polar surface area (TPSA) is 103 Å². The van der Waals surface area contributed by atoms with E-state index < -0.39 is 10.0 Å². The molecule has 0 spiro atoms. The van der Waals surface area contributed by atoms with Gasteiger partial charge in [-0.3, -0.25) is 0 Å². The van der Waals surface area contributed by atoms with Crippen molar-refractivity contribution >= 4 is 21.6 Å². The van der Waals surface area contributed by atoms with E-state index in [4.69, 9.17) is 21.1 Å². The zero-order valence-corrected chi connectivity index (χ0v) is 14.3. The fraction of sp³-hybridized carbons (Fsp3) is 0.308. The van der Waals surface area contributed by atoms with E-state index in [1.165, 1.54) is 26.4 Å². The SMILES string of the molecule is COc1nc(CNS(=O)(=O)c2ccc(C)c(Cl)c2)nc(OC)n1. The molecule has 2 rings (SSSR count). The Bertz CT molecular complexity index is 791. The predicted octanol–water partition coefficient (Wildman–Crippen LogP) is 1.33. The normalized spacial score (nSPS) is 11.3. The molecule has 0 unspecified atom stereocenters. The van der Waals surface area contributed by atoms with Crippen molar-refractivity contribution in [2.45, 2.75) is 18.4 Å². The molecule has 0 aliphatic heterocycles. The van der Waals surface area contributed by atoms with Crippen LogP contribution in [0.1, 0.15) is 11.4 Å². The Morgan fingerprint density at radius 3 is 2.26 bits per heavy atom. The zero-order chi connectivity index (χ0) is 17.0. The molecule has 0 aliphatic rings. The number of sulfonamides is 1. The fourth-order valence-corrected chi connectivity index (χ4v) is 2.87. The number of nitrogens with zero attached hydrogens (tertiary/aromatic N) is 3. The first-order chi connectivity index (χ1) is 10.9. The van der Waals surface area contributed by atoms with Crippen molar-refractivity contribution in [1.29, 1.82) is 0 Å². The molecule has 1 aromatic heterocycles. The molecule has 0 fully saturated rings. The average molecular weight is 359 g/mol. The molecular weight excluding hydrogens is 344 g/mol. The number of hydrogen-bond acceptors (Lipinski definition) is 7. The number of rotatable bonds is 6. The van der Waals surface area contributed by atoms with E-state index in [2.05, 4.69) is 19.7 Å². The lowest BCUT2D eigenvalue weighted by atomic mass is 10.2. The van der Waals surface area contributed by atoms with Crippen molar-refractivity contribution in [2.75, 3.05) is 14.2 Å². The molecule has 2 aromatic rings. The van der Waals surface area contributed by atoms with Gasteiger partial charge >= 0.3 is 12.0 Å². The van der Waals surface area contributed by atoms with Crippen LogP contribution in [0.3, 0.4) is 0 Å². The maximum Gasteiger partial charge on any atom is 0.322 e. The largest absolute Gasteiger partial charge is 0.467 e. The Labute approximate surface area is 138 Å². The lowest BCUT2D eigenvalue weighted by Crippen LogP contribution is -2.24. The Hall–Kier alpha value is -1.97. The van der Waals surface area contributed by atoms with Crippen molar-refractivity contribution < 1.29 is 17.9 Å². The van der Waals surface area contributed by atoms with Crippen LogP contribution in [0, 0.1) is 6.92 Å². The monoisotopic (exact) mass is 358 g/mol. The lowest BCUT2D eigenvalue weighted by molar-refractivity contribution is 0.336. The van der Waals surface area contributed by atoms with Gasteiger partial charge in [0.25, 0.3) is 0 Å². The first kappa shape index (κ1) is 17.4. The summed E-state index contributed by atoms with van der Waals surface area (Å²) in [4.78, 5) is 11.8. The second-order valence-corrected chi connectivity index (χ2v) is 6.63. The quantitative estimate of drug-likeness (QED) is 0.830. The van der Waals surface area contributed by atoms with Crippen molar-refractivity contribution in [3.05, 3.63) is 34.6 Å².